The summed E-state index contributed by atoms with van der Waals surface area (Å²) in [5.41, 5.74) is 5.38. The molecule has 1 N–H and O–H groups in total. The van der Waals surface area contributed by atoms with Crippen LogP contribution >= 0.6 is 23.1 Å². The van der Waals surface area contributed by atoms with Gasteiger partial charge in [-0.05, 0) is 49.1 Å². The fourth-order valence-corrected chi connectivity index (χ4v) is 4.21. The lowest BCUT2D eigenvalue weighted by Gasteiger charge is -2.08. The van der Waals surface area contributed by atoms with Crippen LogP contribution in [-0.4, -0.2) is 21.7 Å². The number of nitrogens with one attached hydrogen (secondary N) is 1. The van der Waals surface area contributed by atoms with E-state index < -0.39 is 0 Å². The molecule has 4 nitrogen and oxygen atoms in total. The number of aromatic nitrogens is 2. The van der Waals surface area contributed by atoms with Gasteiger partial charge in [0.25, 0.3) is 0 Å². The second-order valence-corrected chi connectivity index (χ2v) is 8.38. The number of thioether (sulfide) groups is 1. The molecular weight excluding hydrogens is 362 g/mol. The van der Waals surface area contributed by atoms with Gasteiger partial charge < -0.3 is 5.32 Å². The minimum Gasteiger partial charge on any atom is -0.356 e. The highest BCUT2D eigenvalue weighted by atomic mass is 32.2. The molecule has 0 unspecified atom stereocenters. The number of anilines is 1. The summed E-state index contributed by atoms with van der Waals surface area (Å²) in [6.45, 7) is 6.80. The van der Waals surface area contributed by atoms with Crippen LogP contribution in [0.25, 0.3) is 0 Å². The number of hydrogen-bond acceptors (Lipinski definition) is 6. The summed E-state index contributed by atoms with van der Waals surface area (Å²) in [6, 6.07) is 14.2. The van der Waals surface area contributed by atoms with Gasteiger partial charge in [0.1, 0.15) is 0 Å². The molecular formula is C20H21N3OS2. The molecule has 0 atom stereocenters. The van der Waals surface area contributed by atoms with E-state index in [1.54, 1.807) is 0 Å². The van der Waals surface area contributed by atoms with Crippen molar-refractivity contribution in [3.05, 3.63) is 70.3 Å². The lowest BCUT2D eigenvalue weighted by atomic mass is 9.99. The Morgan fingerprint density at radius 1 is 1.04 bits per heavy atom. The summed E-state index contributed by atoms with van der Waals surface area (Å²) in [5.74, 6) is 0.501. The molecule has 1 aromatic heterocycles. The highest BCUT2D eigenvalue weighted by Gasteiger charge is 2.13. The predicted molar refractivity (Wildman–Crippen MR) is 109 cm³/mol. The largest absolute Gasteiger partial charge is 0.356 e. The van der Waals surface area contributed by atoms with Crippen LogP contribution in [0.3, 0.4) is 0 Å². The Morgan fingerprint density at radius 2 is 1.77 bits per heavy atom. The maximum absolute atomic E-state index is 12.5. The molecule has 0 aliphatic carbocycles. The van der Waals surface area contributed by atoms with Gasteiger partial charge in [0.05, 0.1) is 5.75 Å². The summed E-state index contributed by atoms with van der Waals surface area (Å²) < 4.78 is 0.801. The smallest absolute Gasteiger partial charge is 0.206 e. The van der Waals surface area contributed by atoms with Crippen molar-refractivity contribution in [1.29, 1.82) is 0 Å². The molecule has 6 heteroatoms. The summed E-state index contributed by atoms with van der Waals surface area (Å²) in [4.78, 5) is 12.5. The fraction of sp³-hybridized carbons (Fsp3) is 0.250. The first-order valence-electron chi connectivity index (χ1n) is 8.38. The summed E-state index contributed by atoms with van der Waals surface area (Å²) in [5, 5.41) is 12.4. The normalized spacial score (nSPS) is 10.7. The van der Waals surface area contributed by atoms with Crippen LogP contribution in [0.5, 0.6) is 0 Å². The van der Waals surface area contributed by atoms with Crippen LogP contribution in [0.4, 0.5) is 5.13 Å². The second-order valence-electron chi connectivity index (χ2n) is 6.18. The van der Waals surface area contributed by atoms with E-state index in [0.717, 1.165) is 26.2 Å². The summed E-state index contributed by atoms with van der Waals surface area (Å²) in [7, 11) is 0. The van der Waals surface area contributed by atoms with Gasteiger partial charge in [-0.3, -0.25) is 4.79 Å². The lowest BCUT2D eigenvalue weighted by molar-refractivity contribution is 0.102. The van der Waals surface area contributed by atoms with Gasteiger partial charge in [-0.25, -0.2) is 0 Å². The van der Waals surface area contributed by atoms with Gasteiger partial charge >= 0.3 is 0 Å². The van der Waals surface area contributed by atoms with E-state index in [9.17, 15) is 4.79 Å². The molecule has 0 spiro atoms. The van der Waals surface area contributed by atoms with Gasteiger partial charge in [-0.15, -0.1) is 10.2 Å². The number of nitrogens with zero attached hydrogens (tertiary/aromatic N) is 2. The van der Waals surface area contributed by atoms with Gasteiger partial charge in [0, 0.05) is 12.1 Å². The Morgan fingerprint density at radius 3 is 2.54 bits per heavy atom. The molecule has 0 radical (unpaired) electrons. The van der Waals surface area contributed by atoms with Crippen LogP contribution in [0.2, 0.25) is 0 Å². The van der Waals surface area contributed by atoms with Gasteiger partial charge in [0.2, 0.25) is 5.13 Å². The van der Waals surface area contributed by atoms with Gasteiger partial charge in [-0.2, -0.15) is 0 Å². The van der Waals surface area contributed by atoms with Crippen molar-refractivity contribution in [3.63, 3.8) is 0 Å². The van der Waals surface area contributed by atoms with Crippen LogP contribution in [0.15, 0.2) is 46.8 Å². The third kappa shape index (κ3) is 4.71. The van der Waals surface area contributed by atoms with E-state index in [1.165, 1.54) is 34.2 Å². The zero-order valence-corrected chi connectivity index (χ0v) is 16.7. The van der Waals surface area contributed by atoms with Crippen molar-refractivity contribution in [2.45, 2.75) is 31.7 Å². The number of carbonyl (C=O) groups excluding carboxylic acids is 1. The Labute approximate surface area is 162 Å². The molecule has 0 aliphatic rings. The fourth-order valence-electron chi connectivity index (χ4n) is 2.58. The zero-order chi connectivity index (χ0) is 18.5. The van der Waals surface area contributed by atoms with Crippen molar-refractivity contribution >= 4 is 34.0 Å². The highest BCUT2D eigenvalue weighted by Crippen LogP contribution is 2.27. The number of hydrogen-bond donors (Lipinski definition) is 1. The van der Waals surface area contributed by atoms with Gasteiger partial charge in [0.15, 0.2) is 10.1 Å². The van der Waals surface area contributed by atoms with E-state index in [2.05, 4.69) is 40.6 Å². The van der Waals surface area contributed by atoms with Crippen molar-refractivity contribution in [2.24, 2.45) is 0 Å². The molecule has 0 fully saturated rings. The molecule has 0 saturated heterocycles. The first kappa shape index (κ1) is 18.6. The van der Waals surface area contributed by atoms with Crippen LogP contribution in [-0.2, 0) is 6.54 Å². The predicted octanol–water partition coefficient (Wildman–Crippen LogP) is 5.05. The number of carbonyl (C=O) groups is 1. The Hall–Kier alpha value is -2.18. The van der Waals surface area contributed by atoms with Crippen molar-refractivity contribution in [1.82, 2.24) is 10.2 Å². The molecule has 1 heterocycles. The van der Waals surface area contributed by atoms with Crippen LogP contribution in [0.1, 0.15) is 32.6 Å². The quantitative estimate of drug-likeness (QED) is 0.457. The standard InChI is InChI=1S/C20H21N3OS2/c1-13-9-15(3)17(10-14(13)2)18(24)12-25-20-23-22-19(26-20)21-11-16-7-5-4-6-8-16/h4-10H,11-12H2,1-3H3,(H,21,22). The van der Waals surface area contributed by atoms with Crippen molar-refractivity contribution in [3.8, 4) is 0 Å². The maximum Gasteiger partial charge on any atom is 0.206 e. The third-order valence-electron chi connectivity index (χ3n) is 4.16. The minimum atomic E-state index is 0.129. The molecule has 2 aromatic carbocycles. The van der Waals surface area contributed by atoms with E-state index in [4.69, 9.17) is 0 Å². The van der Waals surface area contributed by atoms with Crippen LogP contribution < -0.4 is 5.32 Å². The Balaban J connectivity index is 1.56. The summed E-state index contributed by atoms with van der Waals surface area (Å²) in [6.07, 6.45) is 0. The average molecular weight is 384 g/mol. The van der Waals surface area contributed by atoms with Crippen molar-refractivity contribution in [2.75, 3.05) is 11.1 Å². The number of aryl methyl sites for hydroxylation is 3. The number of benzene rings is 2. The highest BCUT2D eigenvalue weighted by molar-refractivity contribution is 8.01. The first-order chi connectivity index (χ1) is 12.5. The topological polar surface area (TPSA) is 54.9 Å². The van der Waals surface area contributed by atoms with E-state index in [0.29, 0.717) is 12.3 Å². The summed E-state index contributed by atoms with van der Waals surface area (Å²) >= 11 is 2.92. The number of ketones is 1. The Kier molecular flexibility index (Phi) is 6.06. The second kappa shape index (κ2) is 8.47. The molecule has 26 heavy (non-hydrogen) atoms. The van der Waals surface area contributed by atoms with Gasteiger partial charge in [-0.1, -0.05) is 59.5 Å². The first-order valence-corrected chi connectivity index (χ1v) is 10.2. The molecule has 134 valence electrons. The molecule has 3 rings (SSSR count). The SMILES string of the molecule is Cc1cc(C)c(C(=O)CSc2nnc(NCc3ccccc3)s2)cc1C. The lowest BCUT2D eigenvalue weighted by Crippen LogP contribution is -2.06. The number of rotatable bonds is 7. The molecule has 3 aromatic rings. The van der Waals surface area contributed by atoms with E-state index in [-0.39, 0.29) is 5.78 Å². The minimum absolute atomic E-state index is 0.129. The van der Waals surface area contributed by atoms with E-state index >= 15 is 0 Å². The molecule has 0 saturated carbocycles. The van der Waals surface area contributed by atoms with E-state index in [1.807, 2.05) is 38.1 Å². The van der Waals surface area contributed by atoms with Crippen molar-refractivity contribution < 1.29 is 4.79 Å². The molecule has 0 aliphatic heterocycles. The molecule has 0 amide bonds. The average Bonchev–Trinajstić information content (AvgIpc) is 3.10. The molecule has 0 bridgehead atoms. The zero-order valence-electron chi connectivity index (χ0n) is 15.1. The third-order valence-corrected chi connectivity index (χ3v) is 6.18. The van der Waals surface area contributed by atoms with Crippen LogP contribution in [0, 0.1) is 20.8 Å². The number of Topliss-reactive ketones (excluding diaryl/α,β-unsaturated/α-hetero) is 1. The maximum atomic E-state index is 12.5. The monoisotopic (exact) mass is 383 g/mol. The Bertz CT molecular complexity index is 907.